The molecule has 3 atom stereocenters. The average molecular weight is 455 g/mol. The van der Waals surface area contributed by atoms with Gasteiger partial charge in [0.15, 0.2) is 5.82 Å². The molecule has 32 heavy (non-hydrogen) atoms. The van der Waals surface area contributed by atoms with E-state index in [1.165, 1.54) is 29.1 Å². The van der Waals surface area contributed by atoms with Crippen LogP contribution in [0.5, 0.6) is 0 Å². The van der Waals surface area contributed by atoms with Gasteiger partial charge in [0.2, 0.25) is 5.95 Å². The van der Waals surface area contributed by atoms with Gasteiger partial charge in [0, 0.05) is 69.1 Å². The van der Waals surface area contributed by atoms with Crippen LogP contribution in [0.4, 0.5) is 10.3 Å². The number of carbonyl (C=O) groups is 1. The molecule has 0 bridgehead atoms. The van der Waals surface area contributed by atoms with Crippen molar-refractivity contribution >= 4 is 23.5 Å². The van der Waals surface area contributed by atoms with Crippen LogP contribution in [0.3, 0.4) is 0 Å². The molecule has 164 valence electrons. The van der Waals surface area contributed by atoms with Crippen LogP contribution in [0, 0.1) is 17.7 Å². The maximum atomic E-state index is 14.2. The normalized spacial score (nSPS) is 21.4. The summed E-state index contributed by atoms with van der Waals surface area (Å²) in [5.41, 5.74) is 0.743. The first-order chi connectivity index (χ1) is 15.3. The molecule has 2 fully saturated rings. The van der Waals surface area contributed by atoms with Gasteiger partial charge in [-0.05, 0) is 18.2 Å². The van der Waals surface area contributed by atoms with Gasteiger partial charge in [0.05, 0.1) is 17.5 Å². The molecule has 0 unspecified atom stereocenters. The number of piperidine rings is 1. The lowest BCUT2D eigenvalue weighted by Crippen LogP contribution is -2.38. The molecule has 5 rings (SSSR count). The van der Waals surface area contributed by atoms with E-state index in [-0.39, 0.29) is 40.6 Å². The van der Waals surface area contributed by atoms with Gasteiger partial charge >= 0.3 is 0 Å². The number of aromatic nitrogens is 4. The maximum absolute atomic E-state index is 14.2. The van der Waals surface area contributed by atoms with Crippen LogP contribution in [0.2, 0.25) is 5.15 Å². The number of rotatable bonds is 4. The first-order valence-corrected chi connectivity index (χ1v) is 10.5. The van der Waals surface area contributed by atoms with Crippen LogP contribution in [-0.2, 0) is 7.05 Å². The lowest BCUT2D eigenvalue weighted by Gasteiger charge is -2.26. The highest BCUT2D eigenvalue weighted by Crippen LogP contribution is 2.49. The Kier molecular flexibility index (Phi) is 4.93. The van der Waals surface area contributed by atoms with E-state index >= 15 is 0 Å². The third-order valence-electron chi connectivity index (χ3n) is 6.33. The van der Waals surface area contributed by atoms with Crippen molar-refractivity contribution in [1.82, 2.24) is 24.4 Å². The third kappa shape index (κ3) is 3.42. The fourth-order valence-corrected chi connectivity index (χ4v) is 4.73. The first kappa shape index (κ1) is 20.6. The van der Waals surface area contributed by atoms with Gasteiger partial charge in [-0.15, -0.1) is 0 Å². The molecule has 3 aromatic rings. The summed E-state index contributed by atoms with van der Waals surface area (Å²) < 4.78 is 15.7. The Balaban J connectivity index is 1.34. The summed E-state index contributed by atoms with van der Waals surface area (Å²) in [6.45, 7) is 1.24. The second-order valence-corrected chi connectivity index (χ2v) is 8.59. The molecule has 1 saturated carbocycles. The number of amides is 1. The van der Waals surface area contributed by atoms with E-state index in [4.69, 9.17) is 11.6 Å². The lowest BCUT2D eigenvalue weighted by molar-refractivity contribution is 0.0772. The van der Waals surface area contributed by atoms with Gasteiger partial charge < -0.3 is 9.80 Å². The Morgan fingerprint density at radius 3 is 2.62 bits per heavy atom. The van der Waals surface area contributed by atoms with Crippen molar-refractivity contribution in [2.24, 2.45) is 18.9 Å². The Morgan fingerprint density at radius 1 is 1.22 bits per heavy atom. The molecule has 0 radical (unpaired) electrons. The van der Waals surface area contributed by atoms with Gasteiger partial charge in [0.1, 0.15) is 5.15 Å². The van der Waals surface area contributed by atoms with Gasteiger partial charge in [-0.25, -0.2) is 14.4 Å². The van der Waals surface area contributed by atoms with Crippen LogP contribution in [-0.4, -0.2) is 56.5 Å². The highest BCUT2D eigenvalue weighted by atomic mass is 35.5. The second kappa shape index (κ2) is 7.67. The van der Waals surface area contributed by atoms with E-state index in [0.717, 1.165) is 6.20 Å². The van der Waals surface area contributed by atoms with E-state index in [2.05, 4.69) is 15.0 Å². The SMILES string of the molecule is CN(c1nc(-c2ccncc2F)cc(=O)n1C)[C@@H]1[C@@H]2CN(C(=O)c3ccc(Cl)nc3)C[C@@H]21. The largest absolute Gasteiger partial charge is 0.342 e. The molecule has 1 aliphatic heterocycles. The molecule has 1 amide bonds. The second-order valence-electron chi connectivity index (χ2n) is 8.20. The van der Waals surface area contributed by atoms with Crippen molar-refractivity contribution < 1.29 is 9.18 Å². The molecule has 10 heteroatoms. The number of carbonyl (C=O) groups excluding carboxylic acids is 1. The van der Waals surface area contributed by atoms with Crippen molar-refractivity contribution in [2.75, 3.05) is 25.0 Å². The van der Waals surface area contributed by atoms with Crippen molar-refractivity contribution in [3.05, 3.63) is 69.7 Å². The molecule has 0 aromatic carbocycles. The van der Waals surface area contributed by atoms with E-state index in [9.17, 15) is 14.0 Å². The van der Waals surface area contributed by atoms with Gasteiger partial charge in [-0.2, -0.15) is 0 Å². The molecule has 0 N–H and O–H groups in total. The van der Waals surface area contributed by atoms with Crippen molar-refractivity contribution in [2.45, 2.75) is 6.04 Å². The van der Waals surface area contributed by atoms with Crippen LogP contribution in [0.15, 0.2) is 47.7 Å². The number of hydrogen-bond acceptors (Lipinski definition) is 6. The smallest absolute Gasteiger partial charge is 0.255 e. The number of nitrogens with zero attached hydrogens (tertiary/aromatic N) is 6. The number of fused-ring (bicyclic) bond motifs is 1. The Hall–Kier alpha value is -3.33. The summed E-state index contributed by atoms with van der Waals surface area (Å²) in [5.74, 6) is 0.423. The molecular weight excluding hydrogens is 435 g/mol. The lowest BCUT2D eigenvalue weighted by atomic mass is 10.2. The minimum atomic E-state index is -0.531. The van der Waals surface area contributed by atoms with Gasteiger partial charge in [0.25, 0.3) is 11.5 Å². The number of likely N-dealkylation sites (tertiary alicyclic amines) is 1. The summed E-state index contributed by atoms with van der Waals surface area (Å²) in [4.78, 5) is 41.4. The van der Waals surface area contributed by atoms with E-state index < -0.39 is 5.82 Å². The van der Waals surface area contributed by atoms with Gasteiger partial charge in [-0.3, -0.25) is 19.1 Å². The standard InChI is InChI=1S/C22H20ClFN6O2/c1-28-19(31)7-17(13-5-6-25-9-16(13)24)27-22(28)29(2)20-14-10-30(11-15(14)20)21(32)12-3-4-18(23)26-8-12/h3-9,14-15,20H,10-11H2,1-2H3/t14-,15+,20-. The van der Waals surface area contributed by atoms with E-state index in [1.54, 1.807) is 19.2 Å². The van der Waals surface area contributed by atoms with Crippen LogP contribution < -0.4 is 10.5 Å². The Bertz CT molecular complexity index is 1250. The van der Waals surface area contributed by atoms with Crippen molar-refractivity contribution in [3.8, 4) is 11.3 Å². The zero-order chi connectivity index (χ0) is 22.6. The van der Waals surface area contributed by atoms with Crippen LogP contribution in [0.1, 0.15) is 10.4 Å². The molecule has 8 nitrogen and oxygen atoms in total. The number of pyridine rings is 2. The topological polar surface area (TPSA) is 84.2 Å². The number of hydrogen-bond donors (Lipinski definition) is 0. The van der Waals surface area contributed by atoms with E-state index in [0.29, 0.717) is 29.8 Å². The molecule has 3 aromatic heterocycles. The fourth-order valence-electron chi connectivity index (χ4n) is 4.62. The maximum Gasteiger partial charge on any atom is 0.255 e. The predicted molar refractivity (Wildman–Crippen MR) is 117 cm³/mol. The Morgan fingerprint density at radius 2 is 1.97 bits per heavy atom. The van der Waals surface area contributed by atoms with Crippen molar-refractivity contribution in [3.63, 3.8) is 0 Å². The quantitative estimate of drug-likeness (QED) is 0.562. The summed E-state index contributed by atoms with van der Waals surface area (Å²) in [5, 5.41) is 0.347. The molecular formula is C22H20ClFN6O2. The molecule has 1 saturated heterocycles. The highest BCUT2D eigenvalue weighted by molar-refractivity contribution is 6.29. The first-order valence-electron chi connectivity index (χ1n) is 10.2. The fraction of sp³-hybridized carbons (Fsp3) is 0.318. The predicted octanol–water partition coefficient (Wildman–Crippen LogP) is 2.24. The summed E-state index contributed by atoms with van der Waals surface area (Å²) >= 11 is 5.81. The molecule has 0 spiro atoms. The zero-order valence-electron chi connectivity index (χ0n) is 17.4. The minimum Gasteiger partial charge on any atom is -0.342 e. The number of anilines is 1. The zero-order valence-corrected chi connectivity index (χ0v) is 18.2. The third-order valence-corrected chi connectivity index (χ3v) is 6.56. The van der Waals surface area contributed by atoms with Crippen LogP contribution >= 0.6 is 11.6 Å². The molecule has 2 aliphatic rings. The summed E-state index contributed by atoms with van der Waals surface area (Å²) in [7, 11) is 3.53. The summed E-state index contributed by atoms with van der Waals surface area (Å²) in [6, 6.07) is 6.26. The van der Waals surface area contributed by atoms with E-state index in [1.807, 2.05) is 16.8 Å². The van der Waals surface area contributed by atoms with Crippen LogP contribution in [0.25, 0.3) is 11.3 Å². The van der Waals surface area contributed by atoms with Gasteiger partial charge in [-0.1, -0.05) is 11.6 Å². The number of halogens is 2. The average Bonchev–Trinajstić information content (AvgIpc) is 3.28. The Labute approximate surface area is 188 Å². The minimum absolute atomic E-state index is 0.0662. The monoisotopic (exact) mass is 454 g/mol. The summed E-state index contributed by atoms with van der Waals surface area (Å²) in [6.07, 6.45) is 4.06. The highest BCUT2D eigenvalue weighted by Gasteiger charge is 2.59. The molecule has 4 heterocycles. The molecule has 1 aliphatic carbocycles. The van der Waals surface area contributed by atoms with Crippen molar-refractivity contribution in [1.29, 1.82) is 0 Å².